The molecule has 32 heavy (non-hydrogen) atoms. The molecule has 1 aliphatic rings. The second-order valence-corrected chi connectivity index (χ2v) is 8.90. The van der Waals surface area contributed by atoms with Crippen LogP contribution in [0.5, 0.6) is 11.5 Å². The van der Waals surface area contributed by atoms with Gasteiger partial charge in [0.1, 0.15) is 11.5 Å². The number of nitrogens with one attached hydrogen (secondary N) is 1. The Kier molecular flexibility index (Phi) is 6.14. The number of thiazole rings is 1. The number of hydrogen-bond donors (Lipinski definition) is 1. The van der Waals surface area contributed by atoms with Gasteiger partial charge in [0.15, 0.2) is 5.13 Å². The van der Waals surface area contributed by atoms with Crippen LogP contribution in [0.4, 0.5) is 10.8 Å². The maximum absolute atomic E-state index is 12.9. The Bertz CT molecular complexity index is 1160. The second-order valence-electron chi connectivity index (χ2n) is 7.70. The first kappa shape index (κ1) is 21.8. The summed E-state index contributed by atoms with van der Waals surface area (Å²) < 4.78 is 10.5. The van der Waals surface area contributed by atoms with Gasteiger partial charge < -0.3 is 19.7 Å². The molecule has 3 aromatic rings. The molecule has 7 nitrogen and oxygen atoms in total. The average Bonchev–Trinajstić information content (AvgIpc) is 3.36. The highest BCUT2D eigenvalue weighted by Gasteiger charge is 2.35. The maximum atomic E-state index is 12.9. The molecule has 1 aromatic heterocycles. The van der Waals surface area contributed by atoms with E-state index in [1.165, 1.54) is 11.3 Å². The van der Waals surface area contributed by atoms with Crippen molar-refractivity contribution in [1.29, 1.82) is 0 Å². The van der Waals surface area contributed by atoms with Crippen molar-refractivity contribution >= 4 is 34.0 Å². The Morgan fingerprint density at radius 1 is 1.12 bits per heavy atom. The molecule has 2 heterocycles. The standard InChI is InChI=1S/C24H25N3O4S/c1-14-11-16(5-10-20(14)31-4)22-15(2)32-24(25-22)26-23(29)17-12-21(28)27(13-17)18-6-8-19(30-3)9-7-18/h5-11,17H,12-13H2,1-4H3,(H,25,26,29). The molecule has 0 aliphatic carbocycles. The number of amides is 2. The van der Waals surface area contributed by atoms with E-state index in [9.17, 15) is 9.59 Å². The molecule has 0 saturated carbocycles. The van der Waals surface area contributed by atoms with E-state index in [-0.39, 0.29) is 18.2 Å². The van der Waals surface area contributed by atoms with Gasteiger partial charge in [0, 0.05) is 29.1 Å². The van der Waals surface area contributed by atoms with Crippen molar-refractivity contribution < 1.29 is 19.1 Å². The third kappa shape index (κ3) is 4.31. The number of nitrogens with zero attached hydrogens (tertiary/aromatic N) is 2. The van der Waals surface area contributed by atoms with Gasteiger partial charge in [-0.1, -0.05) is 0 Å². The van der Waals surface area contributed by atoms with Crippen molar-refractivity contribution in [3.8, 4) is 22.8 Å². The van der Waals surface area contributed by atoms with E-state index in [4.69, 9.17) is 9.47 Å². The van der Waals surface area contributed by atoms with Crippen LogP contribution in [0.2, 0.25) is 0 Å². The van der Waals surface area contributed by atoms with E-state index < -0.39 is 5.92 Å². The summed E-state index contributed by atoms with van der Waals surface area (Å²) in [5.74, 6) is 0.847. The number of carbonyl (C=O) groups is 2. The van der Waals surface area contributed by atoms with E-state index in [0.29, 0.717) is 11.7 Å². The van der Waals surface area contributed by atoms with Crippen molar-refractivity contribution in [3.05, 3.63) is 52.9 Å². The minimum absolute atomic E-state index is 0.0694. The van der Waals surface area contributed by atoms with Gasteiger partial charge in [-0.05, 0) is 61.9 Å². The van der Waals surface area contributed by atoms with E-state index in [1.807, 2.05) is 44.2 Å². The Morgan fingerprint density at radius 2 is 1.88 bits per heavy atom. The predicted octanol–water partition coefficient (Wildman–Crippen LogP) is 4.44. The number of rotatable bonds is 6. The number of aromatic nitrogens is 1. The largest absolute Gasteiger partial charge is 0.497 e. The summed E-state index contributed by atoms with van der Waals surface area (Å²) in [4.78, 5) is 32.7. The van der Waals surface area contributed by atoms with Crippen LogP contribution >= 0.6 is 11.3 Å². The Morgan fingerprint density at radius 3 is 2.53 bits per heavy atom. The zero-order chi connectivity index (χ0) is 22.8. The fourth-order valence-corrected chi connectivity index (χ4v) is 4.68. The van der Waals surface area contributed by atoms with Gasteiger partial charge in [-0.25, -0.2) is 4.98 Å². The fourth-order valence-electron chi connectivity index (χ4n) is 3.85. The lowest BCUT2D eigenvalue weighted by atomic mass is 10.1. The molecule has 0 radical (unpaired) electrons. The van der Waals surface area contributed by atoms with Gasteiger partial charge >= 0.3 is 0 Å². The molecule has 8 heteroatoms. The molecule has 1 atom stereocenters. The van der Waals surface area contributed by atoms with Gasteiger partial charge in [0.25, 0.3) is 0 Å². The van der Waals surface area contributed by atoms with Crippen LogP contribution in [0.25, 0.3) is 11.3 Å². The lowest BCUT2D eigenvalue weighted by Crippen LogP contribution is -2.28. The Hall–Kier alpha value is -3.39. The number of benzene rings is 2. The summed E-state index contributed by atoms with van der Waals surface area (Å²) in [6.07, 6.45) is 0.173. The topological polar surface area (TPSA) is 80.8 Å². The summed E-state index contributed by atoms with van der Waals surface area (Å²) in [6.45, 7) is 4.30. The number of ether oxygens (including phenoxy) is 2. The van der Waals surface area contributed by atoms with E-state index in [0.717, 1.165) is 38.9 Å². The van der Waals surface area contributed by atoms with Gasteiger partial charge in [0.2, 0.25) is 11.8 Å². The molecule has 1 unspecified atom stereocenters. The third-order valence-electron chi connectivity index (χ3n) is 5.57. The van der Waals surface area contributed by atoms with Gasteiger partial charge in [0.05, 0.1) is 25.8 Å². The zero-order valence-electron chi connectivity index (χ0n) is 18.5. The first-order chi connectivity index (χ1) is 15.4. The maximum Gasteiger partial charge on any atom is 0.231 e. The molecule has 2 aromatic carbocycles. The highest BCUT2D eigenvalue weighted by molar-refractivity contribution is 7.16. The quantitative estimate of drug-likeness (QED) is 0.599. The summed E-state index contributed by atoms with van der Waals surface area (Å²) in [5, 5.41) is 3.44. The van der Waals surface area contributed by atoms with Crippen LogP contribution in [-0.4, -0.2) is 37.6 Å². The normalized spacial score (nSPS) is 15.7. The first-order valence-corrected chi connectivity index (χ1v) is 11.1. The van der Waals surface area contributed by atoms with Crippen LogP contribution in [0.1, 0.15) is 16.9 Å². The monoisotopic (exact) mass is 451 g/mol. The Labute approximate surface area is 191 Å². The smallest absolute Gasteiger partial charge is 0.231 e. The molecule has 1 saturated heterocycles. The van der Waals surface area contributed by atoms with Crippen LogP contribution in [0, 0.1) is 19.8 Å². The van der Waals surface area contributed by atoms with Gasteiger partial charge in [-0.15, -0.1) is 11.3 Å². The van der Waals surface area contributed by atoms with E-state index >= 15 is 0 Å². The summed E-state index contributed by atoms with van der Waals surface area (Å²) in [5.41, 5.74) is 3.58. The van der Waals surface area contributed by atoms with Crippen molar-refractivity contribution in [2.75, 3.05) is 31.0 Å². The molecule has 1 aliphatic heterocycles. The third-order valence-corrected chi connectivity index (χ3v) is 6.46. The highest BCUT2D eigenvalue weighted by atomic mass is 32.1. The number of hydrogen-bond acceptors (Lipinski definition) is 6. The fraction of sp³-hybridized carbons (Fsp3) is 0.292. The van der Waals surface area contributed by atoms with Crippen molar-refractivity contribution in [2.24, 2.45) is 5.92 Å². The molecule has 0 spiro atoms. The first-order valence-electron chi connectivity index (χ1n) is 10.3. The number of carbonyl (C=O) groups excluding carboxylic acids is 2. The minimum Gasteiger partial charge on any atom is -0.497 e. The molecule has 1 fully saturated rings. The van der Waals surface area contributed by atoms with E-state index in [2.05, 4.69) is 10.3 Å². The van der Waals surface area contributed by atoms with Crippen molar-refractivity contribution in [3.63, 3.8) is 0 Å². The number of aryl methyl sites for hydroxylation is 2. The summed E-state index contributed by atoms with van der Waals surface area (Å²) in [7, 11) is 3.24. The van der Waals surface area contributed by atoms with Crippen molar-refractivity contribution in [2.45, 2.75) is 20.3 Å². The van der Waals surface area contributed by atoms with Crippen LogP contribution < -0.4 is 19.7 Å². The van der Waals surface area contributed by atoms with Crippen LogP contribution in [-0.2, 0) is 9.59 Å². The predicted molar refractivity (Wildman–Crippen MR) is 126 cm³/mol. The van der Waals surface area contributed by atoms with Gasteiger partial charge in [-0.3, -0.25) is 9.59 Å². The highest BCUT2D eigenvalue weighted by Crippen LogP contribution is 2.34. The molecule has 1 N–H and O–H groups in total. The Balaban J connectivity index is 1.46. The minimum atomic E-state index is -0.430. The molecule has 4 rings (SSSR count). The molecule has 2 amide bonds. The second kappa shape index (κ2) is 9.00. The molecular formula is C24H25N3O4S. The number of anilines is 2. The molecular weight excluding hydrogens is 426 g/mol. The van der Waals surface area contributed by atoms with E-state index in [1.54, 1.807) is 31.3 Å². The lowest BCUT2D eigenvalue weighted by molar-refractivity contribution is -0.122. The SMILES string of the molecule is COc1ccc(N2CC(C(=O)Nc3nc(-c4ccc(OC)c(C)c4)c(C)s3)CC2=O)cc1. The lowest BCUT2D eigenvalue weighted by Gasteiger charge is -2.16. The number of methoxy groups -OCH3 is 2. The van der Waals surface area contributed by atoms with Gasteiger partial charge in [-0.2, -0.15) is 0 Å². The average molecular weight is 452 g/mol. The van der Waals surface area contributed by atoms with Crippen LogP contribution in [0.3, 0.4) is 0 Å². The zero-order valence-corrected chi connectivity index (χ0v) is 19.3. The van der Waals surface area contributed by atoms with Crippen molar-refractivity contribution in [1.82, 2.24) is 4.98 Å². The summed E-state index contributed by atoms with van der Waals surface area (Å²) >= 11 is 1.43. The summed E-state index contributed by atoms with van der Waals surface area (Å²) in [6, 6.07) is 13.2. The van der Waals surface area contributed by atoms with Crippen LogP contribution in [0.15, 0.2) is 42.5 Å². The molecule has 0 bridgehead atoms. The molecule has 166 valence electrons.